The van der Waals surface area contributed by atoms with Crippen LogP contribution in [0.1, 0.15) is 30.4 Å². The number of nitrogens with zero attached hydrogens (tertiary/aromatic N) is 1. The number of rotatable bonds is 4. The molecular formula is C11H15NO2S. The minimum Gasteiger partial charge on any atom is -0.466 e. The van der Waals surface area contributed by atoms with Crippen molar-refractivity contribution in [1.82, 2.24) is 4.98 Å². The van der Waals surface area contributed by atoms with Gasteiger partial charge in [-0.3, -0.25) is 9.78 Å². The van der Waals surface area contributed by atoms with Crippen LogP contribution < -0.4 is 0 Å². The number of hydrogen-bond acceptors (Lipinski definition) is 4. The minimum atomic E-state index is -0.239. The van der Waals surface area contributed by atoms with E-state index in [1.54, 1.807) is 13.1 Å². The van der Waals surface area contributed by atoms with Gasteiger partial charge in [0.05, 0.1) is 18.7 Å². The van der Waals surface area contributed by atoms with Crippen LogP contribution in [0.4, 0.5) is 0 Å². The highest BCUT2D eigenvalue weighted by Gasteiger charge is 2.06. The number of pyridine rings is 1. The molecule has 0 aliphatic heterocycles. The van der Waals surface area contributed by atoms with Crippen LogP contribution >= 0.6 is 12.6 Å². The molecule has 0 spiro atoms. The zero-order valence-corrected chi connectivity index (χ0v) is 9.83. The number of aromatic nitrogens is 1. The van der Waals surface area contributed by atoms with Gasteiger partial charge in [-0.25, -0.2) is 0 Å². The van der Waals surface area contributed by atoms with Gasteiger partial charge in [0.1, 0.15) is 0 Å². The van der Waals surface area contributed by atoms with E-state index in [0.29, 0.717) is 6.61 Å². The predicted octanol–water partition coefficient (Wildman–Crippen LogP) is 2.18. The summed E-state index contributed by atoms with van der Waals surface area (Å²) in [5.74, 6) is -0.239. The first kappa shape index (κ1) is 12.0. The summed E-state index contributed by atoms with van der Waals surface area (Å²) in [4.78, 5) is 15.3. The summed E-state index contributed by atoms with van der Waals surface area (Å²) in [5.41, 5.74) is 1.78. The molecule has 0 radical (unpaired) electrons. The fourth-order valence-corrected chi connectivity index (χ4v) is 1.30. The molecule has 82 valence electrons. The molecule has 0 saturated carbocycles. The normalized spacial score (nSPS) is 12.2. The van der Waals surface area contributed by atoms with Crippen LogP contribution in [0.2, 0.25) is 0 Å². The molecule has 1 unspecified atom stereocenters. The summed E-state index contributed by atoms with van der Waals surface area (Å²) in [5, 5.41) is 0.161. The molecule has 0 aromatic carbocycles. The SMILES string of the molecule is CCOC(=O)Cc1ccc(C(C)S)cn1. The van der Waals surface area contributed by atoms with Crippen molar-refractivity contribution in [3.05, 3.63) is 29.6 Å². The Kier molecular flexibility index (Phi) is 4.62. The van der Waals surface area contributed by atoms with Crippen LogP contribution in [0.15, 0.2) is 18.3 Å². The molecule has 0 N–H and O–H groups in total. The van der Waals surface area contributed by atoms with E-state index in [0.717, 1.165) is 11.3 Å². The number of carbonyl (C=O) groups is 1. The predicted molar refractivity (Wildman–Crippen MR) is 62.0 cm³/mol. The molecule has 15 heavy (non-hydrogen) atoms. The Hall–Kier alpha value is -1.03. The van der Waals surface area contributed by atoms with Crippen LogP contribution in [0.25, 0.3) is 0 Å². The van der Waals surface area contributed by atoms with Gasteiger partial charge in [-0.05, 0) is 25.5 Å². The molecule has 0 aliphatic rings. The summed E-state index contributed by atoms with van der Waals surface area (Å²) < 4.78 is 4.83. The average Bonchev–Trinajstić information content (AvgIpc) is 2.18. The van der Waals surface area contributed by atoms with E-state index in [2.05, 4.69) is 17.6 Å². The standard InChI is InChI=1S/C11H15NO2S/c1-3-14-11(13)6-10-5-4-9(7-12-10)8(2)15/h4-5,7-8,15H,3,6H2,1-2H3. The smallest absolute Gasteiger partial charge is 0.311 e. The van der Waals surface area contributed by atoms with E-state index in [1.165, 1.54) is 0 Å². The second-order valence-electron chi connectivity index (χ2n) is 3.24. The first-order valence-electron chi connectivity index (χ1n) is 4.92. The van der Waals surface area contributed by atoms with Crippen molar-refractivity contribution in [3.8, 4) is 0 Å². The van der Waals surface area contributed by atoms with Gasteiger partial charge < -0.3 is 4.74 Å². The van der Waals surface area contributed by atoms with Gasteiger partial charge in [0.15, 0.2) is 0 Å². The van der Waals surface area contributed by atoms with Gasteiger partial charge in [-0.1, -0.05) is 6.07 Å². The fourth-order valence-electron chi connectivity index (χ4n) is 1.15. The van der Waals surface area contributed by atoms with Gasteiger partial charge in [-0.2, -0.15) is 12.6 Å². The maximum Gasteiger partial charge on any atom is 0.311 e. The molecule has 1 aromatic heterocycles. The second-order valence-corrected chi connectivity index (χ2v) is 4.02. The number of thiol groups is 1. The van der Waals surface area contributed by atoms with Crippen molar-refractivity contribution < 1.29 is 9.53 Å². The monoisotopic (exact) mass is 225 g/mol. The molecule has 0 fully saturated rings. The molecule has 0 amide bonds. The second kappa shape index (κ2) is 5.75. The lowest BCUT2D eigenvalue weighted by Crippen LogP contribution is -2.08. The highest BCUT2D eigenvalue weighted by atomic mass is 32.1. The largest absolute Gasteiger partial charge is 0.466 e. The van der Waals surface area contributed by atoms with E-state index in [1.807, 2.05) is 19.1 Å². The van der Waals surface area contributed by atoms with Crippen molar-refractivity contribution >= 4 is 18.6 Å². The summed E-state index contributed by atoms with van der Waals surface area (Å²) in [6.07, 6.45) is 1.97. The van der Waals surface area contributed by atoms with Crippen LogP contribution in [-0.4, -0.2) is 17.6 Å². The Morgan fingerprint density at radius 1 is 1.60 bits per heavy atom. The van der Waals surface area contributed by atoms with Crippen molar-refractivity contribution in [2.45, 2.75) is 25.5 Å². The molecule has 3 nitrogen and oxygen atoms in total. The Morgan fingerprint density at radius 3 is 2.80 bits per heavy atom. The average molecular weight is 225 g/mol. The number of hydrogen-bond donors (Lipinski definition) is 1. The Morgan fingerprint density at radius 2 is 2.33 bits per heavy atom. The zero-order valence-electron chi connectivity index (χ0n) is 8.93. The molecule has 1 aromatic rings. The van der Waals surface area contributed by atoms with Gasteiger partial charge in [0.2, 0.25) is 0 Å². The van der Waals surface area contributed by atoms with Gasteiger partial charge >= 0.3 is 5.97 Å². The molecule has 4 heteroatoms. The molecule has 0 bridgehead atoms. The van der Waals surface area contributed by atoms with Gasteiger partial charge in [0, 0.05) is 11.4 Å². The van der Waals surface area contributed by atoms with E-state index < -0.39 is 0 Å². The lowest BCUT2D eigenvalue weighted by atomic mass is 10.2. The number of carbonyl (C=O) groups excluding carboxylic acids is 1. The quantitative estimate of drug-likeness (QED) is 0.630. The van der Waals surface area contributed by atoms with Crippen molar-refractivity contribution in [2.24, 2.45) is 0 Å². The summed E-state index contributed by atoms with van der Waals surface area (Å²) >= 11 is 4.29. The maximum atomic E-state index is 11.2. The topological polar surface area (TPSA) is 39.2 Å². The Bertz CT molecular complexity index is 322. The van der Waals surface area contributed by atoms with E-state index in [-0.39, 0.29) is 17.6 Å². The molecule has 0 aliphatic carbocycles. The molecule has 1 atom stereocenters. The summed E-state index contributed by atoms with van der Waals surface area (Å²) in [7, 11) is 0. The first-order chi connectivity index (χ1) is 7.13. The van der Waals surface area contributed by atoms with Crippen molar-refractivity contribution in [2.75, 3.05) is 6.61 Å². The Balaban J connectivity index is 2.60. The van der Waals surface area contributed by atoms with Crippen LogP contribution in [0, 0.1) is 0 Å². The summed E-state index contributed by atoms with van der Waals surface area (Å²) in [6.45, 7) is 4.17. The van der Waals surface area contributed by atoms with E-state index in [4.69, 9.17) is 4.74 Å². The lowest BCUT2D eigenvalue weighted by Gasteiger charge is -2.05. The third kappa shape index (κ3) is 3.91. The molecule has 0 saturated heterocycles. The fraction of sp³-hybridized carbons (Fsp3) is 0.455. The van der Waals surface area contributed by atoms with E-state index >= 15 is 0 Å². The minimum absolute atomic E-state index is 0.161. The highest BCUT2D eigenvalue weighted by molar-refractivity contribution is 7.80. The lowest BCUT2D eigenvalue weighted by molar-refractivity contribution is -0.142. The Labute approximate surface area is 95.3 Å². The van der Waals surface area contributed by atoms with Crippen LogP contribution in [0.3, 0.4) is 0 Å². The molecule has 1 heterocycles. The number of ether oxygens (including phenoxy) is 1. The molecule has 1 rings (SSSR count). The van der Waals surface area contributed by atoms with E-state index in [9.17, 15) is 4.79 Å². The third-order valence-electron chi connectivity index (χ3n) is 1.96. The maximum absolute atomic E-state index is 11.2. The van der Waals surface area contributed by atoms with Crippen LogP contribution in [0.5, 0.6) is 0 Å². The highest BCUT2D eigenvalue weighted by Crippen LogP contribution is 2.17. The summed E-state index contributed by atoms with van der Waals surface area (Å²) in [6, 6.07) is 3.76. The van der Waals surface area contributed by atoms with Crippen LogP contribution in [-0.2, 0) is 16.0 Å². The first-order valence-corrected chi connectivity index (χ1v) is 5.43. The third-order valence-corrected chi connectivity index (χ3v) is 2.26. The molecular weight excluding hydrogens is 210 g/mol. The zero-order chi connectivity index (χ0) is 11.3. The van der Waals surface area contributed by atoms with Gasteiger partial charge in [-0.15, -0.1) is 0 Å². The number of esters is 1. The van der Waals surface area contributed by atoms with Crippen molar-refractivity contribution in [3.63, 3.8) is 0 Å². The van der Waals surface area contributed by atoms with Crippen molar-refractivity contribution in [1.29, 1.82) is 0 Å². The van der Waals surface area contributed by atoms with Gasteiger partial charge in [0.25, 0.3) is 0 Å².